The highest BCUT2D eigenvalue weighted by molar-refractivity contribution is 5.91. The van der Waals surface area contributed by atoms with Gasteiger partial charge in [0.15, 0.2) is 5.69 Å². The normalized spacial score (nSPS) is 14.5. The van der Waals surface area contributed by atoms with Gasteiger partial charge in [-0.1, -0.05) is 6.07 Å². The van der Waals surface area contributed by atoms with Crippen LogP contribution < -0.4 is 9.47 Å². The Balaban J connectivity index is 1.73. The molecule has 1 aromatic heterocycles. The van der Waals surface area contributed by atoms with E-state index in [9.17, 15) is 4.79 Å². The van der Waals surface area contributed by atoms with Crippen LogP contribution in [-0.2, 0) is 17.8 Å². The minimum absolute atomic E-state index is 0.140. The number of nitrogens with zero attached hydrogens (tertiary/aromatic N) is 4. The molecule has 0 N–H and O–H groups in total. The average molecular weight is 447 g/mol. The van der Waals surface area contributed by atoms with Crippen molar-refractivity contribution in [1.82, 2.24) is 19.7 Å². The molecular weight excluding hydrogens is 412 g/mol. The molecule has 0 bridgehead atoms. The van der Waals surface area contributed by atoms with Crippen molar-refractivity contribution >= 4 is 5.91 Å². The molecular formula is C23H34N4O5. The number of methoxy groups -OCH3 is 2. The summed E-state index contributed by atoms with van der Waals surface area (Å²) in [6, 6.07) is 5.83. The number of carbonyl (C=O) groups is 1. The van der Waals surface area contributed by atoms with Gasteiger partial charge in [-0.25, -0.2) is 4.98 Å². The fourth-order valence-corrected chi connectivity index (χ4v) is 3.56. The van der Waals surface area contributed by atoms with Crippen molar-refractivity contribution in [3.8, 4) is 11.5 Å². The topological polar surface area (TPSA) is 80.5 Å². The lowest BCUT2D eigenvalue weighted by atomic mass is 10.1. The highest BCUT2D eigenvalue weighted by atomic mass is 16.5. The number of oxazole rings is 1. The van der Waals surface area contributed by atoms with Crippen molar-refractivity contribution in [2.45, 2.75) is 20.0 Å². The summed E-state index contributed by atoms with van der Waals surface area (Å²) >= 11 is 0. The maximum absolute atomic E-state index is 12.4. The van der Waals surface area contributed by atoms with E-state index >= 15 is 0 Å². The number of aromatic nitrogens is 1. The van der Waals surface area contributed by atoms with Crippen molar-refractivity contribution in [3.05, 3.63) is 41.6 Å². The van der Waals surface area contributed by atoms with Gasteiger partial charge in [-0.05, 0) is 13.0 Å². The predicted octanol–water partition coefficient (Wildman–Crippen LogP) is 2.12. The smallest absolute Gasteiger partial charge is 0.275 e. The van der Waals surface area contributed by atoms with Gasteiger partial charge in [0.1, 0.15) is 17.8 Å². The van der Waals surface area contributed by atoms with Gasteiger partial charge in [-0.3, -0.25) is 14.6 Å². The van der Waals surface area contributed by atoms with E-state index in [0.29, 0.717) is 31.2 Å². The zero-order valence-corrected chi connectivity index (χ0v) is 19.5. The number of carbonyl (C=O) groups excluding carboxylic acids is 1. The van der Waals surface area contributed by atoms with E-state index in [-0.39, 0.29) is 5.91 Å². The Morgan fingerprint density at radius 1 is 1.19 bits per heavy atom. The molecule has 2 aromatic rings. The van der Waals surface area contributed by atoms with E-state index in [0.717, 1.165) is 56.5 Å². The lowest BCUT2D eigenvalue weighted by Crippen LogP contribution is -2.41. The van der Waals surface area contributed by atoms with Crippen LogP contribution in [0, 0.1) is 0 Å². The maximum Gasteiger partial charge on any atom is 0.275 e. The third-order valence-corrected chi connectivity index (χ3v) is 5.68. The Hall–Kier alpha value is -2.62. The van der Waals surface area contributed by atoms with Crippen LogP contribution >= 0.6 is 0 Å². The molecule has 0 radical (unpaired) electrons. The quantitative estimate of drug-likeness (QED) is 0.519. The molecule has 3 rings (SSSR count). The number of ether oxygens (including phenoxy) is 3. The van der Waals surface area contributed by atoms with E-state index in [4.69, 9.17) is 18.6 Å². The minimum Gasteiger partial charge on any atom is -0.497 e. The number of benzene rings is 1. The molecule has 0 saturated carbocycles. The number of hydrogen-bond donors (Lipinski definition) is 0. The van der Waals surface area contributed by atoms with Gasteiger partial charge in [0.25, 0.3) is 5.91 Å². The Bertz CT molecular complexity index is 866. The fourth-order valence-electron chi connectivity index (χ4n) is 3.56. The number of hydrogen-bond acceptors (Lipinski definition) is 8. The Morgan fingerprint density at radius 3 is 2.66 bits per heavy atom. The van der Waals surface area contributed by atoms with E-state index in [1.54, 1.807) is 26.2 Å². The summed E-state index contributed by atoms with van der Waals surface area (Å²) < 4.78 is 22.0. The van der Waals surface area contributed by atoms with E-state index in [1.807, 2.05) is 25.1 Å². The van der Waals surface area contributed by atoms with Gasteiger partial charge in [0, 0.05) is 57.9 Å². The molecule has 2 heterocycles. The molecule has 0 unspecified atom stereocenters. The van der Waals surface area contributed by atoms with Gasteiger partial charge in [0.05, 0.1) is 34.0 Å². The second kappa shape index (κ2) is 11.8. The van der Waals surface area contributed by atoms with E-state index < -0.39 is 0 Å². The summed E-state index contributed by atoms with van der Waals surface area (Å²) in [4.78, 5) is 23.1. The summed E-state index contributed by atoms with van der Waals surface area (Å²) in [6.45, 7) is 8.80. The standard InChI is InChI=1S/C23H34N4O5/c1-5-25(2)23(28)20-17-32-22(24-20)16-27(9-8-26-10-12-31-13-11-26)15-18-6-7-19(29-3)14-21(18)30-4/h6-7,14,17H,5,8-13,15-16H2,1-4H3. The van der Waals surface area contributed by atoms with Crippen LogP contribution in [0.25, 0.3) is 0 Å². The van der Waals surface area contributed by atoms with Crippen molar-refractivity contribution in [3.63, 3.8) is 0 Å². The zero-order valence-electron chi connectivity index (χ0n) is 19.5. The molecule has 0 aliphatic carbocycles. The number of morpholine rings is 1. The fraction of sp³-hybridized carbons (Fsp3) is 0.565. The van der Waals surface area contributed by atoms with Gasteiger partial charge in [-0.2, -0.15) is 0 Å². The first-order valence-corrected chi connectivity index (χ1v) is 11.0. The van der Waals surface area contributed by atoms with E-state index in [1.165, 1.54) is 6.26 Å². The van der Waals surface area contributed by atoms with Crippen LogP contribution in [0.1, 0.15) is 28.9 Å². The molecule has 1 aliphatic rings. The van der Waals surface area contributed by atoms with Crippen molar-refractivity contribution < 1.29 is 23.4 Å². The molecule has 9 heteroatoms. The zero-order chi connectivity index (χ0) is 22.9. The Kier molecular flexibility index (Phi) is 8.90. The number of rotatable bonds is 11. The van der Waals surface area contributed by atoms with Crippen LogP contribution in [-0.4, -0.2) is 92.8 Å². The van der Waals surface area contributed by atoms with Crippen LogP contribution in [0.5, 0.6) is 11.5 Å². The Morgan fingerprint density at radius 2 is 1.97 bits per heavy atom. The summed E-state index contributed by atoms with van der Waals surface area (Å²) in [5.41, 5.74) is 1.38. The van der Waals surface area contributed by atoms with Gasteiger partial charge in [-0.15, -0.1) is 0 Å². The van der Waals surface area contributed by atoms with E-state index in [2.05, 4.69) is 14.8 Å². The average Bonchev–Trinajstić information content (AvgIpc) is 3.30. The lowest BCUT2D eigenvalue weighted by Gasteiger charge is -2.30. The predicted molar refractivity (Wildman–Crippen MR) is 120 cm³/mol. The highest BCUT2D eigenvalue weighted by Crippen LogP contribution is 2.26. The monoisotopic (exact) mass is 446 g/mol. The lowest BCUT2D eigenvalue weighted by molar-refractivity contribution is 0.0320. The SMILES string of the molecule is CCN(C)C(=O)c1coc(CN(CCN2CCOCC2)Cc2ccc(OC)cc2OC)n1. The van der Waals surface area contributed by atoms with Gasteiger partial charge < -0.3 is 23.5 Å². The molecule has 0 spiro atoms. The molecule has 1 saturated heterocycles. The summed E-state index contributed by atoms with van der Waals surface area (Å²) in [5, 5.41) is 0. The molecule has 1 amide bonds. The summed E-state index contributed by atoms with van der Waals surface area (Å²) in [7, 11) is 5.05. The first kappa shape index (κ1) is 24.0. The summed E-state index contributed by atoms with van der Waals surface area (Å²) in [6.07, 6.45) is 1.44. The highest BCUT2D eigenvalue weighted by Gasteiger charge is 2.19. The van der Waals surface area contributed by atoms with Crippen molar-refractivity contribution in [2.24, 2.45) is 0 Å². The van der Waals surface area contributed by atoms with Gasteiger partial charge >= 0.3 is 0 Å². The molecule has 1 aromatic carbocycles. The molecule has 9 nitrogen and oxygen atoms in total. The second-order valence-electron chi connectivity index (χ2n) is 7.79. The molecule has 176 valence electrons. The third-order valence-electron chi connectivity index (χ3n) is 5.68. The molecule has 0 atom stereocenters. The first-order valence-electron chi connectivity index (χ1n) is 11.0. The van der Waals surface area contributed by atoms with Crippen molar-refractivity contribution in [1.29, 1.82) is 0 Å². The minimum atomic E-state index is -0.140. The molecule has 1 aliphatic heterocycles. The van der Waals surface area contributed by atoms with Crippen molar-refractivity contribution in [2.75, 3.05) is 67.2 Å². The first-order chi connectivity index (χ1) is 15.5. The second-order valence-corrected chi connectivity index (χ2v) is 7.79. The van der Waals surface area contributed by atoms with Crippen LogP contribution in [0.2, 0.25) is 0 Å². The van der Waals surface area contributed by atoms with Crippen LogP contribution in [0.4, 0.5) is 0 Å². The summed E-state index contributed by atoms with van der Waals surface area (Å²) in [5.74, 6) is 1.90. The van der Waals surface area contributed by atoms with Crippen LogP contribution in [0.3, 0.4) is 0 Å². The Labute approximate surface area is 189 Å². The molecule has 1 fully saturated rings. The third kappa shape index (κ3) is 6.44. The number of amides is 1. The maximum atomic E-state index is 12.4. The molecule has 32 heavy (non-hydrogen) atoms. The largest absolute Gasteiger partial charge is 0.497 e. The van der Waals surface area contributed by atoms with Gasteiger partial charge in [0.2, 0.25) is 5.89 Å². The van der Waals surface area contributed by atoms with Crippen LogP contribution in [0.15, 0.2) is 28.9 Å².